The summed E-state index contributed by atoms with van der Waals surface area (Å²) >= 11 is 8.68. The summed E-state index contributed by atoms with van der Waals surface area (Å²) in [5, 5.41) is 1.86. The molecule has 0 saturated carbocycles. The van der Waals surface area contributed by atoms with Crippen LogP contribution in [0.4, 0.5) is 0 Å². The molecule has 11 heavy (non-hydrogen) atoms. The molecule has 0 aromatic rings. The first kappa shape index (κ1) is 10.7. The fourth-order valence-electron chi connectivity index (χ4n) is 0.613. The highest BCUT2D eigenvalue weighted by Crippen LogP contribution is 1.86. The number of hydrazine groups is 1. The first-order chi connectivity index (χ1) is 5.20. The Labute approximate surface area is 78.3 Å². The maximum atomic E-state index is 4.74. The lowest BCUT2D eigenvalue weighted by molar-refractivity contribution is 0.297. The molecular weight excluding hydrogens is 176 g/mol. The van der Waals surface area contributed by atoms with Gasteiger partial charge in [0.2, 0.25) is 0 Å². The number of hydrogen-bond donors (Lipinski definition) is 2. The molecule has 0 bridgehead atoms. The van der Waals surface area contributed by atoms with Crippen molar-refractivity contribution in [3.63, 3.8) is 0 Å². The third-order valence-electron chi connectivity index (χ3n) is 0.953. The molecule has 0 aliphatic carbocycles. The molecule has 0 heterocycles. The van der Waals surface area contributed by atoms with Crippen molar-refractivity contribution >= 4 is 29.2 Å². The summed E-state index contributed by atoms with van der Waals surface area (Å²) in [6.07, 6.45) is 3.56. The Hall–Kier alpha value is -0.320. The number of thiol groups is 1. The van der Waals surface area contributed by atoms with Crippen molar-refractivity contribution in [1.82, 2.24) is 10.4 Å². The van der Waals surface area contributed by atoms with E-state index in [1.807, 2.05) is 5.01 Å². The molecule has 0 aliphatic heterocycles. The molecular formula is C7H12N2S2. The summed E-state index contributed by atoms with van der Waals surface area (Å²) in [5.41, 5.74) is 2.87. The van der Waals surface area contributed by atoms with E-state index in [9.17, 15) is 0 Å². The van der Waals surface area contributed by atoms with E-state index in [1.165, 1.54) is 0 Å². The minimum absolute atomic E-state index is 0.453. The van der Waals surface area contributed by atoms with Crippen molar-refractivity contribution in [2.75, 3.05) is 13.1 Å². The molecule has 4 heteroatoms. The molecule has 2 nitrogen and oxygen atoms in total. The van der Waals surface area contributed by atoms with Crippen molar-refractivity contribution in [3.05, 3.63) is 25.3 Å². The van der Waals surface area contributed by atoms with Crippen LogP contribution in [0.3, 0.4) is 0 Å². The molecule has 1 N–H and O–H groups in total. The summed E-state index contributed by atoms with van der Waals surface area (Å²) < 4.78 is 0.453. The van der Waals surface area contributed by atoms with Crippen LogP contribution in [0.2, 0.25) is 0 Å². The van der Waals surface area contributed by atoms with E-state index in [2.05, 4.69) is 31.2 Å². The molecule has 0 aromatic carbocycles. The van der Waals surface area contributed by atoms with Crippen LogP contribution in [0.15, 0.2) is 25.3 Å². The summed E-state index contributed by atoms with van der Waals surface area (Å²) in [5.74, 6) is 0. The zero-order chi connectivity index (χ0) is 8.69. The van der Waals surface area contributed by atoms with Gasteiger partial charge >= 0.3 is 0 Å². The van der Waals surface area contributed by atoms with Crippen LogP contribution in [0.5, 0.6) is 0 Å². The van der Waals surface area contributed by atoms with E-state index >= 15 is 0 Å². The molecule has 0 saturated heterocycles. The van der Waals surface area contributed by atoms with Crippen LogP contribution in [0.1, 0.15) is 0 Å². The average molecular weight is 188 g/mol. The number of nitrogens with one attached hydrogen (secondary N) is 1. The van der Waals surface area contributed by atoms with Gasteiger partial charge in [-0.25, -0.2) is 5.01 Å². The monoisotopic (exact) mass is 188 g/mol. The SMILES string of the molecule is C=CCN(CC=C)NC(=S)S. The Morgan fingerprint density at radius 3 is 2.18 bits per heavy atom. The minimum atomic E-state index is 0.453. The molecule has 62 valence electrons. The zero-order valence-electron chi connectivity index (χ0n) is 6.29. The highest BCUT2D eigenvalue weighted by molar-refractivity contribution is 8.11. The van der Waals surface area contributed by atoms with Crippen molar-refractivity contribution < 1.29 is 0 Å². The van der Waals surface area contributed by atoms with Crippen LogP contribution in [-0.2, 0) is 0 Å². The first-order valence-corrected chi connectivity index (χ1v) is 4.02. The molecule has 0 unspecified atom stereocenters. The lowest BCUT2D eigenvalue weighted by atomic mass is 10.5. The van der Waals surface area contributed by atoms with Crippen LogP contribution >= 0.6 is 24.8 Å². The quantitative estimate of drug-likeness (QED) is 0.293. The summed E-state index contributed by atoms with van der Waals surface area (Å²) in [7, 11) is 0. The van der Waals surface area contributed by atoms with Crippen LogP contribution in [-0.4, -0.2) is 22.4 Å². The predicted molar refractivity (Wildman–Crippen MR) is 56.7 cm³/mol. The molecule has 0 radical (unpaired) electrons. The zero-order valence-corrected chi connectivity index (χ0v) is 8.00. The van der Waals surface area contributed by atoms with Gasteiger partial charge < -0.3 is 5.43 Å². The maximum absolute atomic E-state index is 4.74. The standard InChI is InChI=1S/C7H12N2S2/c1-3-5-9(6-4-2)8-7(10)11/h3-4H,1-2,5-6H2,(H2,8,10,11). The number of hydrogen-bond acceptors (Lipinski definition) is 2. The molecule has 0 fully saturated rings. The normalized spacial score (nSPS) is 9.27. The predicted octanol–water partition coefficient (Wildman–Crippen LogP) is 1.38. The second-order valence-electron chi connectivity index (χ2n) is 1.90. The second kappa shape index (κ2) is 6.39. The van der Waals surface area contributed by atoms with E-state index in [0.29, 0.717) is 17.4 Å². The van der Waals surface area contributed by atoms with E-state index in [1.54, 1.807) is 12.2 Å². The topological polar surface area (TPSA) is 15.3 Å². The van der Waals surface area contributed by atoms with E-state index < -0.39 is 0 Å². The largest absolute Gasteiger partial charge is 0.304 e. The van der Waals surface area contributed by atoms with Gasteiger partial charge in [-0.15, -0.1) is 25.8 Å². The molecule has 0 amide bonds. The lowest BCUT2D eigenvalue weighted by Gasteiger charge is -2.19. The summed E-state index contributed by atoms with van der Waals surface area (Å²) in [4.78, 5) is 0. The maximum Gasteiger partial charge on any atom is 0.145 e. The van der Waals surface area contributed by atoms with Gasteiger partial charge in [-0.2, -0.15) is 0 Å². The van der Waals surface area contributed by atoms with Crippen LogP contribution in [0, 0.1) is 0 Å². The van der Waals surface area contributed by atoms with Gasteiger partial charge in [0.25, 0.3) is 0 Å². The van der Waals surface area contributed by atoms with Gasteiger partial charge in [0.05, 0.1) is 0 Å². The third kappa shape index (κ3) is 6.09. The van der Waals surface area contributed by atoms with Crippen molar-refractivity contribution in [1.29, 1.82) is 0 Å². The molecule has 0 aromatic heterocycles. The van der Waals surface area contributed by atoms with Gasteiger partial charge in [-0.05, 0) is 0 Å². The Kier molecular flexibility index (Phi) is 6.21. The smallest absolute Gasteiger partial charge is 0.145 e. The van der Waals surface area contributed by atoms with Crippen molar-refractivity contribution in [2.24, 2.45) is 0 Å². The fraction of sp³-hybridized carbons (Fsp3) is 0.286. The fourth-order valence-corrected chi connectivity index (χ4v) is 0.883. The molecule has 0 rings (SSSR count). The van der Waals surface area contributed by atoms with Gasteiger partial charge in [0, 0.05) is 13.1 Å². The van der Waals surface area contributed by atoms with Gasteiger partial charge in [-0.1, -0.05) is 24.4 Å². The Bertz CT molecular complexity index is 147. The van der Waals surface area contributed by atoms with Crippen LogP contribution < -0.4 is 5.43 Å². The number of nitrogens with zero attached hydrogens (tertiary/aromatic N) is 1. The average Bonchev–Trinajstić information content (AvgIpc) is 1.87. The van der Waals surface area contributed by atoms with E-state index in [0.717, 1.165) is 0 Å². The summed E-state index contributed by atoms with van der Waals surface area (Å²) in [6, 6.07) is 0. The van der Waals surface area contributed by atoms with E-state index in [4.69, 9.17) is 12.2 Å². The lowest BCUT2D eigenvalue weighted by Crippen LogP contribution is -2.39. The van der Waals surface area contributed by atoms with Crippen molar-refractivity contribution in [2.45, 2.75) is 0 Å². The Morgan fingerprint density at radius 2 is 1.91 bits per heavy atom. The van der Waals surface area contributed by atoms with Crippen LogP contribution in [0.25, 0.3) is 0 Å². The molecule has 0 aliphatic rings. The minimum Gasteiger partial charge on any atom is -0.304 e. The highest BCUT2D eigenvalue weighted by Gasteiger charge is 1.97. The highest BCUT2D eigenvalue weighted by atomic mass is 32.1. The summed E-state index contributed by atoms with van der Waals surface area (Å²) in [6.45, 7) is 8.64. The van der Waals surface area contributed by atoms with Crippen molar-refractivity contribution in [3.8, 4) is 0 Å². The second-order valence-corrected chi connectivity index (χ2v) is 3.06. The Balaban J connectivity index is 3.76. The van der Waals surface area contributed by atoms with Gasteiger partial charge in [0.1, 0.15) is 4.32 Å². The number of rotatable bonds is 5. The van der Waals surface area contributed by atoms with Gasteiger partial charge in [0.15, 0.2) is 0 Å². The molecule has 0 spiro atoms. The third-order valence-corrected chi connectivity index (χ3v) is 1.14. The van der Waals surface area contributed by atoms with Gasteiger partial charge in [-0.3, -0.25) is 0 Å². The Morgan fingerprint density at radius 1 is 1.45 bits per heavy atom. The first-order valence-electron chi connectivity index (χ1n) is 3.17. The molecule has 0 atom stereocenters. The number of thiocarbonyl (C=S) groups is 1. The van der Waals surface area contributed by atoms with E-state index in [-0.39, 0.29) is 0 Å².